The molecule has 22 nitrogen and oxygen atoms in total. The van der Waals surface area contributed by atoms with Crippen LogP contribution >= 0.6 is 0 Å². The number of imidazole rings is 2. The van der Waals surface area contributed by atoms with Crippen LogP contribution in [-0.2, 0) is 71.1 Å². The monoisotopic (exact) mass is 968 g/mol. The predicted octanol–water partition coefficient (Wildman–Crippen LogP) is -1.84. The smallest absolute Gasteiger partial charge is 0.249 e. The number of carbonyl (C=O) groups is 7. The fraction of sp³-hybridized carbons (Fsp3) is 0.458. The Morgan fingerprint density at radius 3 is 1.79 bits per heavy atom. The molecule has 377 valence electrons. The first kappa shape index (κ1) is 55.5. The van der Waals surface area contributed by atoms with Gasteiger partial charge in [0.1, 0.15) is 24.2 Å². The molecule has 0 fully saturated rings. The van der Waals surface area contributed by atoms with Gasteiger partial charge in [-0.2, -0.15) is 0 Å². The molecule has 6 atom stereocenters. The zero-order chi connectivity index (χ0) is 51.0. The van der Waals surface area contributed by atoms with Crippen molar-refractivity contribution in [1.29, 1.82) is 0 Å². The fourth-order valence-electron chi connectivity index (χ4n) is 7.67. The number of benzene rings is 2. The van der Waals surface area contributed by atoms with Gasteiger partial charge in [-0.15, -0.1) is 0 Å². The normalized spacial score (nSPS) is 13.6. The Hall–Kier alpha value is -7.14. The molecule has 0 aliphatic rings. The van der Waals surface area contributed by atoms with E-state index in [4.69, 9.17) is 22.9 Å². The van der Waals surface area contributed by atoms with E-state index in [1.165, 1.54) is 12.7 Å². The molecule has 2 heterocycles. The quantitative estimate of drug-likeness (QED) is 0.0257. The van der Waals surface area contributed by atoms with Crippen LogP contribution < -0.4 is 49.5 Å². The van der Waals surface area contributed by atoms with Crippen molar-refractivity contribution < 1.29 is 38.4 Å². The van der Waals surface area contributed by atoms with E-state index in [1.807, 2.05) is 12.4 Å². The topological polar surface area (TPSA) is 351 Å². The lowest BCUT2D eigenvalue weighted by molar-refractivity contribution is -0.151. The van der Waals surface area contributed by atoms with Gasteiger partial charge in [-0.25, -0.2) is 9.97 Å². The molecule has 2 aromatic heterocycles. The number of aryl methyl sites for hydroxylation is 2. The standard InChI is InChI=1S/C48H67N14O8/c1-31-40(61(2)30-56-31)24-41(48(70)59-37(17-9-11-19-49)46(68)57-35(28-63)21-32-13-5-3-6-14-32)62(42(64)25-51)43(65)27-54-45(67)39(22-33-15-7-4-8-16-33)60-47(69)38(18-10-12-20-50)58-44(66)36(52)23-34-26-53-29-55-34/h3-8,13-16,26,29-30,35-39,41H,9-12,17-25,27,49-52H2,1-2H3,(H,53,55)(H,54,67)(H,57,68)(H,58,66)(H,59,70)(H,60,69)/t35-,36-,37-,38-,39-,41-/m0/s1. The molecule has 0 saturated heterocycles. The minimum atomic E-state index is -1.63. The van der Waals surface area contributed by atoms with E-state index in [0.717, 1.165) is 5.56 Å². The van der Waals surface area contributed by atoms with Crippen molar-refractivity contribution in [3.63, 3.8) is 0 Å². The minimum Gasteiger partial charge on any atom is -0.351 e. The number of hydrogen-bond acceptors (Lipinski definition) is 14. The third-order valence-electron chi connectivity index (χ3n) is 11.5. The molecule has 14 N–H and O–H groups in total. The second-order valence-corrected chi connectivity index (χ2v) is 16.9. The number of nitrogens with one attached hydrogen (secondary N) is 6. The van der Waals surface area contributed by atoms with Gasteiger partial charge in [-0.1, -0.05) is 60.7 Å². The van der Waals surface area contributed by atoms with Crippen LogP contribution in [0.25, 0.3) is 0 Å². The number of aromatic amines is 1. The van der Waals surface area contributed by atoms with Gasteiger partial charge >= 0.3 is 0 Å². The Bertz CT molecular complexity index is 2290. The number of unbranched alkanes of at least 4 members (excludes halogenated alkanes) is 2. The zero-order valence-electron chi connectivity index (χ0n) is 39.7. The number of carbonyl (C=O) groups excluding carboxylic acids is 8. The van der Waals surface area contributed by atoms with E-state index in [1.54, 1.807) is 79.3 Å². The van der Waals surface area contributed by atoms with Crippen molar-refractivity contribution in [2.75, 3.05) is 26.2 Å². The minimum absolute atomic E-state index is 0.0489. The average molecular weight is 968 g/mol. The van der Waals surface area contributed by atoms with Gasteiger partial charge in [0.15, 0.2) is 0 Å². The number of rotatable bonds is 30. The van der Waals surface area contributed by atoms with E-state index in [9.17, 15) is 38.4 Å². The van der Waals surface area contributed by atoms with Crippen molar-refractivity contribution >= 4 is 47.6 Å². The molecule has 0 unspecified atom stereocenters. The van der Waals surface area contributed by atoms with Gasteiger partial charge < -0.3 is 59.1 Å². The van der Waals surface area contributed by atoms with Crippen LogP contribution in [0.5, 0.6) is 0 Å². The highest BCUT2D eigenvalue weighted by Gasteiger charge is 2.38. The van der Waals surface area contributed by atoms with Crippen LogP contribution in [-0.4, -0.2) is 134 Å². The summed E-state index contributed by atoms with van der Waals surface area (Å²) in [5.41, 5.74) is 26.4. The highest BCUT2D eigenvalue weighted by atomic mass is 16.2. The summed E-state index contributed by atoms with van der Waals surface area (Å²) in [7, 11) is 1.66. The summed E-state index contributed by atoms with van der Waals surface area (Å²) in [4.78, 5) is 122. The van der Waals surface area contributed by atoms with Gasteiger partial charge in [-0.3, -0.25) is 43.3 Å². The Morgan fingerprint density at radius 1 is 0.686 bits per heavy atom. The number of imide groups is 1. The highest BCUT2D eigenvalue weighted by molar-refractivity contribution is 6.04. The first-order chi connectivity index (χ1) is 33.7. The van der Waals surface area contributed by atoms with Gasteiger partial charge in [0.25, 0.3) is 0 Å². The molecule has 4 aromatic rings. The van der Waals surface area contributed by atoms with Crippen molar-refractivity contribution in [2.24, 2.45) is 30.0 Å². The van der Waals surface area contributed by atoms with Crippen LogP contribution in [0.15, 0.2) is 79.5 Å². The van der Waals surface area contributed by atoms with Crippen LogP contribution in [0, 0.1) is 6.92 Å². The first-order valence-electron chi connectivity index (χ1n) is 23.3. The molecule has 4 rings (SSSR count). The Kier molecular flexibility index (Phi) is 23.0. The van der Waals surface area contributed by atoms with Gasteiger partial charge in [0.05, 0.1) is 49.2 Å². The number of H-pyrrole nitrogens is 1. The molecule has 0 aliphatic carbocycles. The maximum Gasteiger partial charge on any atom is 0.249 e. The van der Waals surface area contributed by atoms with E-state index in [-0.39, 0.29) is 38.5 Å². The van der Waals surface area contributed by atoms with Crippen molar-refractivity contribution in [2.45, 2.75) is 107 Å². The van der Waals surface area contributed by atoms with Crippen molar-refractivity contribution in [1.82, 2.24) is 51.0 Å². The zero-order valence-corrected chi connectivity index (χ0v) is 39.7. The molecule has 7 amide bonds. The molecule has 0 aliphatic heterocycles. The lowest BCUT2D eigenvalue weighted by atomic mass is 10.0. The average Bonchev–Trinajstić information content (AvgIpc) is 3.99. The van der Waals surface area contributed by atoms with Gasteiger partial charge in [-0.05, 0) is 69.7 Å². The van der Waals surface area contributed by atoms with E-state index < -0.39 is 90.7 Å². The molecule has 1 radical (unpaired) electrons. The summed E-state index contributed by atoms with van der Waals surface area (Å²) in [6, 6.07) is 10.3. The Morgan fingerprint density at radius 2 is 1.26 bits per heavy atom. The van der Waals surface area contributed by atoms with E-state index >= 15 is 0 Å². The van der Waals surface area contributed by atoms with Crippen LogP contribution in [0.3, 0.4) is 0 Å². The molecule has 2 aromatic carbocycles. The maximum absolute atomic E-state index is 14.6. The molecule has 0 spiro atoms. The Balaban J connectivity index is 1.60. The summed E-state index contributed by atoms with van der Waals surface area (Å²) >= 11 is 0. The lowest BCUT2D eigenvalue weighted by Gasteiger charge is -2.31. The molecular formula is C48H67N14O8. The molecule has 0 bridgehead atoms. The lowest BCUT2D eigenvalue weighted by Crippen LogP contribution is -2.60. The number of hydrogen-bond donors (Lipinski definition) is 10. The van der Waals surface area contributed by atoms with Crippen LogP contribution in [0.2, 0.25) is 0 Å². The summed E-state index contributed by atoms with van der Waals surface area (Å²) in [6.45, 7) is 0.752. The maximum atomic E-state index is 14.6. The van der Waals surface area contributed by atoms with Crippen LogP contribution in [0.4, 0.5) is 0 Å². The molecule has 0 saturated carbocycles. The number of nitrogens with zero attached hydrogens (tertiary/aromatic N) is 4. The highest BCUT2D eigenvalue weighted by Crippen LogP contribution is 2.16. The summed E-state index contributed by atoms with van der Waals surface area (Å²) in [5, 5.41) is 13.3. The van der Waals surface area contributed by atoms with Crippen LogP contribution in [0.1, 0.15) is 66.7 Å². The van der Waals surface area contributed by atoms with Gasteiger partial charge in [0, 0.05) is 44.6 Å². The summed E-state index contributed by atoms with van der Waals surface area (Å²) in [5.74, 6) is -5.78. The third kappa shape index (κ3) is 17.4. The molecule has 70 heavy (non-hydrogen) atoms. The van der Waals surface area contributed by atoms with E-state index in [0.29, 0.717) is 66.3 Å². The molecular weight excluding hydrogens is 901 g/mol. The SMILES string of the molecule is Cc1ncn(C)c1C[C@@H](C(=O)N[C@@H](CCCCN)C(=O)N[C@H]([C]=O)Cc1ccccc1)N(C(=O)CN)C(=O)CNC(=O)[C@H](Cc1ccccc1)NC(=O)[C@H](CCCCN)NC(=O)[C@@H](N)Cc1c[nH]cn1. The van der Waals surface area contributed by atoms with E-state index in [2.05, 4.69) is 41.5 Å². The largest absolute Gasteiger partial charge is 0.351 e. The summed E-state index contributed by atoms with van der Waals surface area (Å²) < 4.78 is 1.61. The van der Waals surface area contributed by atoms with Gasteiger partial charge in [0.2, 0.25) is 47.6 Å². The third-order valence-corrected chi connectivity index (χ3v) is 11.5. The van der Waals surface area contributed by atoms with Crippen molar-refractivity contribution in [3.8, 4) is 0 Å². The number of aromatic nitrogens is 4. The first-order valence-corrected chi connectivity index (χ1v) is 23.3. The Labute approximate surface area is 407 Å². The predicted molar refractivity (Wildman–Crippen MR) is 259 cm³/mol. The second kappa shape index (κ2) is 29.0. The summed E-state index contributed by atoms with van der Waals surface area (Å²) in [6.07, 6.45) is 8.42. The van der Waals surface area contributed by atoms with Crippen molar-refractivity contribution in [3.05, 3.63) is 108 Å². The fourth-order valence-corrected chi connectivity index (χ4v) is 7.67. The number of nitrogens with two attached hydrogens (primary N) is 4. The second-order valence-electron chi connectivity index (χ2n) is 16.9. The molecule has 22 heteroatoms. The number of amides is 7.